The van der Waals surface area contributed by atoms with Gasteiger partial charge in [0.2, 0.25) is 0 Å². The van der Waals surface area contributed by atoms with Crippen LogP contribution >= 0.6 is 0 Å². The van der Waals surface area contributed by atoms with Crippen LogP contribution in [0.5, 0.6) is 0 Å². The van der Waals surface area contributed by atoms with Crippen molar-refractivity contribution in [2.45, 2.75) is 44.4 Å². The lowest BCUT2D eigenvalue weighted by molar-refractivity contribution is -0.0515. The minimum absolute atomic E-state index is 0.389. The van der Waals surface area contributed by atoms with E-state index in [1.165, 1.54) is 0 Å². The van der Waals surface area contributed by atoms with Crippen LogP contribution in [0.25, 0.3) is 0 Å². The smallest absolute Gasteiger partial charge is 0.384 e. The van der Waals surface area contributed by atoms with Crippen molar-refractivity contribution in [2.75, 3.05) is 0 Å². The molecule has 1 rings (SSSR count). The molecule has 21 heavy (non-hydrogen) atoms. The van der Waals surface area contributed by atoms with Gasteiger partial charge in [0.25, 0.3) is 0 Å². The second kappa shape index (κ2) is 6.28. The Hall–Kier alpha value is -1.20. The summed E-state index contributed by atoms with van der Waals surface area (Å²) in [6, 6.07) is 0. The maximum atomic E-state index is 12.2. The SMILES string of the molecule is C[Si](C)(C)C#CC1=CCCC/C1=C/OS(=O)(=O)C(F)(F)F. The van der Waals surface area contributed by atoms with Gasteiger partial charge in [0.05, 0.1) is 0 Å². The van der Waals surface area contributed by atoms with E-state index in [0.29, 0.717) is 23.8 Å². The van der Waals surface area contributed by atoms with E-state index in [1.807, 2.05) is 19.6 Å². The highest BCUT2D eigenvalue weighted by molar-refractivity contribution is 7.87. The minimum Gasteiger partial charge on any atom is -0.384 e. The van der Waals surface area contributed by atoms with E-state index in [-0.39, 0.29) is 0 Å². The topological polar surface area (TPSA) is 43.4 Å². The first-order valence-electron chi connectivity index (χ1n) is 6.35. The van der Waals surface area contributed by atoms with Crippen molar-refractivity contribution in [3.63, 3.8) is 0 Å². The number of rotatable bonds is 2. The number of hydrogen-bond donors (Lipinski definition) is 0. The molecule has 0 radical (unpaired) electrons. The van der Waals surface area contributed by atoms with Crippen LogP contribution in [-0.4, -0.2) is 22.0 Å². The second-order valence-electron chi connectivity index (χ2n) is 5.65. The Morgan fingerprint density at radius 3 is 2.48 bits per heavy atom. The Bertz CT molecular complexity index is 614. The maximum absolute atomic E-state index is 12.2. The summed E-state index contributed by atoms with van der Waals surface area (Å²) in [4.78, 5) is 0. The first kappa shape index (κ1) is 17.8. The van der Waals surface area contributed by atoms with Gasteiger partial charge < -0.3 is 4.18 Å². The zero-order valence-corrected chi connectivity index (χ0v) is 13.9. The van der Waals surface area contributed by atoms with E-state index < -0.39 is 23.7 Å². The Kier molecular flexibility index (Phi) is 5.33. The van der Waals surface area contributed by atoms with Gasteiger partial charge in [0, 0.05) is 11.1 Å². The van der Waals surface area contributed by atoms with Crippen LogP contribution in [0.2, 0.25) is 19.6 Å². The first-order valence-corrected chi connectivity index (χ1v) is 11.3. The van der Waals surface area contributed by atoms with Gasteiger partial charge in [0.1, 0.15) is 14.3 Å². The molecule has 0 saturated carbocycles. The Balaban J connectivity index is 3.00. The molecule has 0 aromatic rings. The highest BCUT2D eigenvalue weighted by Gasteiger charge is 2.48. The van der Waals surface area contributed by atoms with Crippen molar-refractivity contribution >= 4 is 18.2 Å². The van der Waals surface area contributed by atoms with Gasteiger partial charge in [-0.05, 0) is 19.3 Å². The van der Waals surface area contributed by atoms with Crippen LogP contribution in [0.15, 0.2) is 23.5 Å². The van der Waals surface area contributed by atoms with E-state index in [1.54, 1.807) is 6.08 Å². The van der Waals surface area contributed by atoms with Crippen LogP contribution in [0.4, 0.5) is 13.2 Å². The lowest BCUT2D eigenvalue weighted by Crippen LogP contribution is -2.24. The van der Waals surface area contributed by atoms with Gasteiger partial charge in [-0.3, -0.25) is 0 Å². The molecule has 8 heteroatoms. The molecule has 0 aliphatic heterocycles. The van der Waals surface area contributed by atoms with Crippen molar-refractivity contribution in [3.8, 4) is 11.5 Å². The second-order valence-corrected chi connectivity index (χ2v) is 12.0. The summed E-state index contributed by atoms with van der Waals surface area (Å²) in [6.45, 7) is 6.12. The molecule has 0 fully saturated rings. The quantitative estimate of drug-likeness (QED) is 0.253. The van der Waals surface area contributed by atoms with Gasteiger partial charge >= 0.3 is 15.6 Å². The highest BCUT2D eigenvalue weighted by atomic mass is 32.2. The zero-order valence-electron chi connectivity index (χ0n) is 12.0. The predicted octanol–water partition coefficient (Wildman–Crippen LogP) is 3.73. The maximum Gasteiger partial charge on any atom is 0.534 e. The lowest BCUT2D eigenvalue weighted by atomic mass is 9.95. The van der Waals surface area contributed by atoms with Crippen LogP contribution in [0, 0.1) is 11.5 Å². The Morgan fingerprint density at radius 1 is 1.33 bits per heavy atom. The van der Waals surface area contributed by atoms with Crippen LogP contribution in [0.1, 0.15) is 19.3 Å². The van der Waals surface area contributed by atoms with Gasteiger partial charge in [-0.15, -0.1) is 5.54 Å². The molecule has 0 atom stereocenters. The number of alkyl halides is 3. The van der Waals surface area contributed by atoms with E-state index >= 15 is 0 Å². The molecule has 118 valence electrons. The third-order valence-corrected chi connectivity index (χ3v) is 4.31. The van der Waals surface area contributed by atoms with Gasteiger partial charge in [0.15, 0.2) is 0 Å². The summed E-state index contributed by atoms with van der Waals surface area (Å²) >= 11 is 0. The fourth-order valence-electron chi connectivity index (χ4n) is 1.49. The third kappa shape index (κ3) is 5.59. The van der Waals surface area contributed by atoms with Gasteiger partial charge in [-0.1, -0.05) is 31.6 Å². The van der Waals surface area contributed by atoms with Crippen molar-refractivity contribution in [1.82, 2.24) is 0 Å². The predicted molar refractivity (Wildman–Crippen MR) is 77.2 cm³/mol. The third-order valence-electron chi connectivity index (χ3n) is 2.52. The summed E-state index contributed by atoms with van der Waals surface area (Å²) in [7, 11) is -7.24. The summed E-state index contributed by atoms with van der Waals surface area (Å²) in [6.07, 6.45) is 4.39. The summed E-state index contributed by atoms with van der Waals surface area (Å²) in [5.41, 5.74) is -1.38. The molecular formula is C13H17F3O3SSi. The standard InChI is InChI=1S/C13H17F3O3SSi/c1-21(2,3)9-8-11-6-4-5-7-12(11)10-19-20(17,18)13(14,15)16/h6,10H,4-5,7H2,1-3H3/b12-10-. The summed E-state index contributed by atoms with van der Waals surface area (Å²) in [5.74, 6) is 2.94. The highest BCUT2D eigenvalue weighted by Crippen LogP contribution is 2.28. The van der Waals surface area contributed by atoms with Crippen LogP contribution in [0.3, 0.4) is 0 Å². The molecule has 3 nitrogen and oxygen atoms in total. The molecule has 0 bridgehead atoms. The molecule has 0 aromatic heterocycles. The molecule has 0 saturated heterocycles. The molecule has 0 N–H and O–H groups in total. The normalized spacial score (nSPS) is 18.8. The lowest BCUT2D eigenvalue weighted by Gasteiger charge is -2.14. The van der Waals surface area contributed by atoms with Crippen molar-refractivity contribution in [2.24, 2.45) is 0 Å². The monoisotopic (exact) mass is 338 g/mol. The average molecular weight is 338 g/mol. The fraction of sp³-hybridized carbons (Fsp3) is 0.538. The van der Waals surface area contributed by atoms with Crippen molar-refractivity contribution in [1.29, 1.82) is 0 Å². The molecular weight excluding hydrogens is 321 g/mol. The van der Waals surface area contributed by atoms with Crippen LogP contribution in [-0.2, 0) is 14.3 Å². The van der Waals surface area contributed by atoms with E-state index in [0.717, 1.165) is 12.8 Å². The van der Waals surface area contributed by atoms with Gasteiger partial charge in [-0.25, -0.2) is 0 Å². The zero-order chi connectivity index (χ0) is 16.3. The van der Waals surface area contributed by atoms with E-state index in [4.69, 9.17) is 0 Å². The Morgan fingerprint density at radius 2 is 1.95 bits per heavy atom. The summed E-state index contributed by atoms with van der Waals surface area (Å²) in [5, 5.41) is 0. The molecule has 0 spiro atoms. The van der Waals surface area contributed by atoms with Crippen molar-refractivity contribution in [3.05, 3.63) is 23.5 Å². The minimum atomic E-state index is -5.61. The largest absolute Gasteiger partial charge is 0.534 e. The van der Waals surface area contributed by atoms with Crippen molar-refractivity contribution < 1.29 is 25.8 Å². The van der Waals surface area contributed by atoms with Gasteiger partial charge in [-0.2, -0.15) is 21.6 Å². The summed E-state index contributed by atoms with van der Waals surface area (Å²) < 4.78 is 62.4. The molecule has 0 amide bonds. The Labute approximate surface area is 124 Å². The number of allylic oxidation sites excluding steroid dienone is 3. The molecule has 0 aromatic carbocycles. The van der Waals surface area contributed by atoms with E-state index in [9.17, 15) is 21.6 Å². The molecule has 0 unspecified atom stereocenters. The van der Waals surface area contributed by atoms with Crippen LogP contribution < -0.4 is 0 Å². The first-order chi connectivity index (χ1) is 9.42. The number of halogens is 3. The molecule has 0 heterocycles. The molecule has 1 aliphatic carbocycles. The molecule has 1 aliphatic rings. The number of hydrogen-bond acceptors (Lipinski definition) is 3. The average Bonchev–Trinajstić information content (AvgIpc) is 2.32. The van der Waals surface area contributed by atoms with E-state index in [2.05, 4.69) is 15.6 Å². The fourth-order valence-corrected chi connectivity index (χ4v) is 2.35.